The minimum absolute atomic E-state index is 0.0205. The largest absolute Gasteiger partial charge is 0.322 e. The fourth-order valence-electron chi connectivity index (χ4n) is 5.47. The molecule has 164 valence electrons. The van der Waals surface area contributed by atoms with Crippen molar-refractivity contribution in [1.82, 2.24) is 25.2 Å². The van der Waals surface area contributed by atoms with Gasteiger partial charge in [0.25, 0.3) is 5.56 Å². The number of pyridine rings is 1. The van der Waals surface area contributed by atoms with Gasteiger partial charge in [-0.2, -0.15) is 0 Å². The van der Waals surface area contributed by atoms with E-state index >= 15 is 0 Å². The maximum Gasteiger partial charge on any atom is 0.258 e. The van der Waals surface area contributed by atoms with Crippen LogP contribution in [-0.2, 0) is 0 Å². The van der Waals surface area contributed by atoms with Gasteiger partial charge in [-0.25, -0.2) is 4.68 Å². The summed E-state index contributed by atoms with van der Waals surface area (Å²) in [6.07, 6.45) is 7.00. The molecule has 7 heteroatoms. The molecule has 7 nitrogen and oxygen atoms in total. The van der Waals surface area contributed by atoms with E-state index in [2.05, 4.69) is 59.5 Å². The van der Waals surface area contributed by atoms with E-state index in [1.54, 1.807) is 0 Å². The van der Waals surface area contributed by atoms with Gasteiger partial charge in [-0.05, 0) is 90.6 Å². The van der Waals surface area contributed by atoms with Gasteiger partial charge in [-0.1, -0.05) is 19.8 Å². The molecule has 5 rings (SSSR count). The molecule has 0 unspecified atom stereocenters. The molecule has 1 atom stereocenters. The molecule has 2 fully saturated rings. The summed E-state index contributed by atoms with van der Waals surface area (Å²) in [5.41, 5.74) is 4.08. The monoisotopic (exact) mass is 421 g/mol. The molecule has 1 aliphatic heterocycles. The number of hydrogen-bond acceptors (Lipinski definition) is 4. The van der Waals surface area contributed by atoms with Crippen molar-refractivity contribution in [3.63, 3.8) is 0 Å². The molecule has 3 aromatic rings. The first-order valence-electron chi connectivity index (χ1n) is 11.8. The molecule has 1 aromatic carbocycles. The number of aryl methyl sites for hydroxylation is 2. The van der Waals surface area contributed by atoms with Crippen LogP contribution >= 0.6 is 0 Å². The number of fused-ring (bicyclic) bond motifs is 1. The topological polar surface area (TPSA) is 80.9 Å². The van der Waals surface area contributed by atoms with E-state index in [1.807, 2.05) is 4.68 Å². The first kappa shape index (κ1) is 20.4. The van der Waals surface area contributed by atoms with Crippen molar-refractivity contribution >= 4 is 10.9 Å². The summed E-state index contributed by atoms with van der Waals surface area (Å²) in [6.45, 7) is 8.59. The third-order valence-electron chi connectivity index (χ3n) is 7.57. The molecule has 1 saturated heterocycles. The molecule has 1 saturated carbocycles. The molecule has 0 spiro atoms. The van der Waals surface area contributed by atoms with Gasteiger partial charge in [-0.15, -0.1) is 5.10 Å². The number of quaternary nitrogens is 1. The Hall–Kier alpha value is -2.54. The fraction of sp³-hybridized carbons (Fsp3) is 0.583. The van der Waals surface area contributed by atoms with Crippen molar-refractivity contribution in [3.05, 3.63) is 51.1 Å². The lowest BCUT2D eigenvalue weighted by molar-refractivity contribution is -0.932. The molecule has 1 aliphatic carbocycles. The molecule has 0 bridgehead atoms. The number of H-pyrrole nitrogens is 1. The van der Waals surface area contributed by atoms with E-state index in [0.717, 1.165) is 54.1 Å². The standard InChI is InChI=1S/C24H32N6O/c1-15-8-10-29(11-9-15)22(23-26-27-28-30(23)19-6-4-5-7-19)20-14-18-12-16(2)17(3)13-21(18)25-24(20)31/h12-15,19,22H,4-11H2,1-3H3,(H,25,31)/p+1/t22-/m0/s1. The number of tetrazole rings is 1. The van der Waals surface area contributed by atoms with E-state index in [4.69, 9.17) is 0 Å². The number of likely N-dealkylation sites (tertiary alicyclic amines) is 1. The zero-order valence-electron chi connectivity index (χ0n) is 18.8. The summed E-state index contributed by atoms with van der Waals surface area (Å²) >= 11 is 0. The van der Waals surface area contributed by atoms with Crippen LogP contribution in [0.5, 0.6) is 0 Å². The van der Waals surface area contributed by atoms with Gasteiger partial charge in [0.2, 0.25) is 5.82 Å². The first-order valence-corrected chi connectivity index (χ1v) is 11.8. The van der Waals surface area contributed by atoms with E-state index < -0.39 is 0 Å². The van der Waals surface area contributed by atoms with Gasteiger partial charge in [0, 0.05) is 5.52 Å². The third-order valence-corrected chi connectivity index (χ3v) is 7.57. The maximum absolute atomic E-state index is 13.4. The summed E-state index contributed by atoms with van der Waals surface area (Å²) in [6, 6.07) is 6.54. The zero-order chi connectivity index (χ0) is 21.5. The molecule has 0 radical (unpaired) electrons. The molecular formula is C24H33N6O+. The number of nitrogens with one attached hydrogen (secondary N) is 2. The highest BCUT2D eigenvalue weighted by Gasteiger charge is 2.37. The Morgan fingerprint density at radius 1 is 1.06 bits per heavy atom. The minimum Gasteiger partial charge on any atom is -0.322 e. The van der Waals surface area contributed by atoms with Gasteiger partial charge < -0.3 is 9.88 Å². The zero-order valence-corrected chi connectivity index (χ0v) is 18.8. The van der Waals surface area contributed by atoms with E-state index in [1.165, 1.54) is 41.7 Å². The van der Waals surface area contributed by atoms with Crippen molar-refractivity contribution in [2.24, 2.45) is 5.92 Å². The van der Waals surface area contributed by atoms with Crippen LogP contribution in [-0.4, -0.2) is 38.3 Å². The van der Waals surface area contributed by atoms with Crippen LogP contribution in [0.4, 0.5) is 0 Å². The molecule has 3 heterocycles. The highest BCUT2D eigenvalue weighted by Crippen LogP contribution is 2.31. The number of hydrogen-bond donors (Lipinski definition) is 2. The normalized spacial score (nSPS) is 23.5. The predicted octanol–water partition coefficient (Wildman–Crippen LogP) is 2.65. The Balaban J connectivity index is 1.65. The van der Waals surface area contributed by atoms with Gasteiger partial charge in [0.15, 0.2) is 6.04 Å². The Bertz CT molecular complexity index is 1130. The highest BCUT2D eigenvalue weighted by atomic mass is 16.1. The second-order valence-electron chi connectivity index (χ2n) is 9.77. The van der Waals surface area contributed by atoms with E-state index in [0.29, 0.717) is 6.04 Å². The summed E-state index contributed by atoms with van der Waals surface area (Å²) < 4.78 is 2.03. The van der Waals surface area contributed by atoms with Crippen LogP contribution < -0.4 is 10.5 Å². The maximum atomic E-state index is 13.4. The Kier molecular flexibility index (Phi) is 5.38. The summed E-state index contributed by atoms with van der Waals surface area (Å²) in [5.74, 6) is 1.58. The third kappa shape index (κ3) is 3.80. The highest BCUT2D eigenvalue weighted by molar-refractivity contribution is 5.80. The summed E-state index contributed by atoms with van der Waals surface area (Å²) in [4.78, 5) is 17.9. The first-order chi connectivity index (χ1) is 15.0. The van der Waals surface area contributed by atoms with Crippen LogP contribution in [0.3, 0.4) is 0 Å². The number of rotatable bonds is 4. The Labute approximate surface area is 182 Å². The van der Waals surface area contributed by atoms with Crippen molar-refractivity contribution in [2.75, 3.05) is 13.1 Å². The Morgan fingerprint density at radius 3 is 2.52 bits per heavy atom. The molecule has 0 amide bonds. The number of nitrogens with zero attached hydrogens (tertiary/aromatic N) is 4. The quantitative estimate of drug-likeness (QED) is 0.679. The van der Waals surface area contributed by atoms with Crippen LogP contribution in [0.1, 0.15) is 80.0 Å². The minimum atomic E-state index is -0.141. The van der Waals surface area contributed by atoms with Gasteiger partial charge >= 0.3 is 0 Å². The smallest absolute Gasteiger partial charge is 0.258 e. The average molecular weight is 422 g/mol. The van der Waals surface area contributed by atoms with Gasteiger partial charge in [0.1, 0.15) is 0 Å². The number of benzene rings is 1. The molecule has 31 heavy (non-hydrogen) atoms. The molecule has 2 aromatic heterocycles. The second-order valence-corrected chi connectivity index (χ2v) is 9.77. The molecular weight excluding hydrogens is 388 g/mol. The fourth-order valence-corrected chi connectivity index (χ4v) is 5.47. The van der Waals surface area contributed by atoms with E-state index in [-0.39, 0.29) is 11.6 Å². The lowest BCUT2D eigenvalue weighted by Gasteiger charge is -2.33. The van der Waals surface area contributed by atoms with Crippen LogP contribution in [0.2, 0.25) is 0 Å². The Morgan fingerprint density at radius 2 is 1.77 bits per heavy atom. The lowest BCUT2D eigenvalue weighted by Crippen LogP contribution is -3.13. The SMILES string of the molecule is Cc1cc2cc([C@@H](c3nnnn3C3CCCC3)[NH+]3CCC(C)CC3)c(=O)[nH]c2cc1C. The average Bonchev–Trinajstić information content (AvgIpc) is 3.43. The van der Waals surface area contributed by atoms with Crippen LogP contribution in [0.25, 0.3) is 10.9 Å². The van der Waals surface area contributed by atoms with E-state index in [9.17, 15) is 4.79 Å². The van der Waals surface area contributed by atoms with Crippen molar-refractivity contribution < 1.29 is 4.90 Å². The predicted molar refractivity (Wildman–Crippen MR) is 120 cm³/mol. The molecule has 2 aliphatic rings. The number of piperidine rings is 1. The van der Waals surface area contributed by atoms with Crippen molar-refractivity contribution in [2.45, 2.75) is 71.4 Å². The number of aromatic amines is 1. The summed E-state index contributed by atoms with van der Waals surface area (Å²) in [7, 11) is 0. The van der Waals surface area contributed by atoms with Crippen LogP contribution in [0.15, 0.2) is 23.0 Å². The second kappa shape index (κ2) is 8.19. The van der Waals surface area contributed by atoms with Gasteiger partial charge in [-0.3, -0.25) is 4.79 Å². The van der Waals surface area contributed by atoms with Gasteiger partial charge in [0.05, 0.1) is 24.7 Å². The van der Waals surface area contributed by atoms with Crippen molar-refractivity contribution in [1.29, 1.82) is 0 Å². The van der Waals surface area contributed by atoms with Crippen molar-refractivity contribution in [3.8, 4) is 0 Å². The van der Waals surface area contributed by atoms with Crippen LogP contribution in [0, 0.1) is 19.8 Å². The molecule has 2 N–H and O–H groups in total. The lowest BCUT2D eigenvalue weighted by atomic mass is 9.95. The summed E-state index contributed by atoms with van der Waals surface area (Å²) in [5, 5.41) is 14.1. The number of aromatic nitrogens is 5.